The zero-order chi connectivity index (χ0) is 13.2. The molecule has 1 amide bonds. The molecule has 2 aromatic heterocycles. The molecule has 0 bridgehead atoms. The molecule has 19 heavy (non-hydrogen) atoms. The minimum absolute atomic E-state index is 0.0753. The molecule has 0 radical (unpaired) electrons. The zero-order valence-electron chi connectivity index (χ0n) is 11.0. The minimum Gasteiger partial charge on any atom is -0.350 e. The van der Waals surface area contributed by atoms with Crippen molar-refractivity contribution < 1.29 is 4.79 Å². The van der Waals surface area contributed by atoms with Crippen LogP contribution in [0.5, 0.6) is 0 Å². The van der Waals surface area contributed by atoms with Crippen LogP contribution in [0.15, 0.2) is 16.8 Å². The molecule has 2 heterocycles. The van der Waals surface area contributed by atoms with E-state index in [0.29, 0.717) is 13.0 Å². The van der Waals surface area contributed by atoms with Gasteiger partial charge in [-0.15, -0.1) is 0 Å². The monoisotopic (exact) mass is 275 g/mol. The predicted molar refractivity (Wildman–Crippen MR) is 75.1 cm³/mol. The Labute approximate surface area is 116 Å². The largest absolute Gasteiger partial charge is 0.350 e. The number of fused-ring (bicyclic) bond motifs is 1. The summed E-state index contributed by atoms with van der Waals surface area (Å²) in [6.07, 6.45) is 3.82. The molecule has 1 aliphatic rings. The van der Waals surface area contributed by atoms with Gasteiger partial charge in [0.25, 0.3) is 0 Å². The lowest BCUT2D eigenvalue weighted by molar-refractivity contribution is -0.120. The van der Waals surface area contributed by atoms with Crippen molar-refractivity contribution in [2.45, 2.75) is 32.2 Å². The molecule has 0 aliphatic heterocycles. The molecule has 100 valence electrons. The SMILES string of the molecule is Cn1nc2c(c1CNC(=O)Cc1ccsc1)CCC2. The van der Waals surface area contributed by atoms with E-state index in [1.807, 2.05) is 28.6 Å². The maximum Gasteiger partial charge on any atom is 0.224 e. The first kappa shape index (κ1) is 12.4. The average Bonchev–Trinajstić information content (AvgIpc) is 3.05. The second kappa shape index (κ2) is 5.17. The number of carbonyl (C=O) groups is 1. The van der Waals surface area contributed by atoms with Crippen molar-refractivity contribution in [3.8, 4) is 0 Å². The molecule has 2 aromatic rings. The van der Waals surface area contributed by atoms with E-state index in [2.05, 4.69) is 10.4 Å². The van der Waals surface area contributed by atoms with Crippen molar-refractivity contribution in [3.63, 3.8) is 0 Å². The molecule has 0 aromatic carbocycles. The smallest absolute Gasteiger partial charge is 0.224 e. The Bertz CT molecular complexity index is 586. The van der Waals surface area contributed by atoms with Crippen LogP contribution in [-0.2, 0) is 37.6 Å². The third-order valence-corrected chi connectivity index (χ3v) is 4.33. The van der Waals surface area contributed by atoms with Gasteiger partial charge in [-0.05, 0) is 47.2 Å². The van der Waals surface area contributed by atoms with Crippen molar-refractivity contribution in [1.82, 2.24) is 15.1 Å². The number of hydrogen-bond donors (Lipinski definition) is 1. The highest BCUT2D eigenvalue weighted by atomic mass is 32.1. The molecule has 0 saturated carbocycles. The molecule has 0 saturated heterocycles. The Morgan fingerprint density at radius 3 is 3.21 bits per heavy atom. The van der Waals surface area contributed by atoms with Gasteiger partial charge < -0.3 is 5.32 Å². The Morgan fingerprint density at radius 1 is 1.53 bits per heavy atom. The number of nitrogens with one attached hydrogen (secondary N) is 1. The van der Waals surface area contributed by atoms with E-state index in [1.165, 1.54) is 17.7 Å². The Kier molecular flexibility index (Phi) is 3.38. The highest BCUT2D eigenvalue weighted by Crippen LogP contribution is 2.24. The van der Waals surface area contributed by atoms with Crippen LogP contribution in [0.3, 0.4) is 0 Å². The number of rotatable bonds is 4. The van der Waals surface area contributed by atoms with Gasteiger partial charge in [0.05, 0.1) is 24.4 Å². The highest BCUT2D eigenvalue weighted by molar-refractivity contribution is 7.07. The molecule has 0 unspecified atom stereocenters. The van der Waals surface area contributed by atoms with Gasteiger partial charge in [-0.2, -0.15) is 16.4 Å². The van der Waals surface area contributed by atoms with Gasteiger partial charge in [0.2, 0.25) is 5.91 Å². The van der Waals surface area contributed by atoms with Gasteiger partial charge in [-0.3, -0.25) is 9.48 Å². The minimum atomic E-state index is 0.0753. The third-order valence-electron chi connectivity index (χ3n) is 3.60. The summed E-state index contributed by atoms with van der Waals surface area (Å²) in [7, 11) is 1.96. The standard InChI is InChI=1S/C14H17N3OS/c1-17-13(11-3-2-4-12(11)16-17)8-15-14(18)7-10-5-6-19-9-10/h5-6,9H,2-4,7-8H2,1H3,(H,15,18). The Morgan fingerprint density at radius 2 is 2.42 bits per heavy atom. The summed E-state index contributed by atoms with van der Waals surface area (Å²) in [6.45, 7) is 0.585. The lowest BCUT2D eigenvalue weighted by Crippen LogP contribution is -2.26. The molecule has 1 aliphatic carbocycles. The zero-order valence-corrected chi connectivity index (χ0v) is 11.8. The fourth-order valence-corrected chi connectivity index (χ4v) is 3.30. The van der Waals surface area contributed by atoms with Crippen LogP contribution < -0.4 is 5.32 Å². The van der Waals surface area contributed by atoms with E-state index in [9.17, 15) is 4.79 Å². The van der Waals surface area contributed by atoms with Crippen molar-refractivity contribution in [2.24, 2.45) is 7.05 Å². The van der Waals surface area contributed by atoms with E-state index in [1.54, 1.807) is 11.3 Å². The highest BCUT2D eigenvalue weighted by Gasteiger charge is 2.20. The lowest BCUT2D eigenvalue weighted by Gasteiger charge is -2.07. The van der Waals surface area contributed by atoms with Gasteiger partial charge in [0, 0.05) is 7.05 Å². The first-order chi connectivity index (χ1) is 9.24. The van der Waals surface area contributed by atoms with Gasteiger partial charge in [-0.1, -0.05) is 0 Å². The van der Waals surface area contributed by atoms with Gasteiger partial charge >= 0.3 is 0 Å². The van der Waals surface area contributed by atoms with Gasteiger partial charge in [-0.25, -0.2) is 0 Å². The summed E-state index contributed by atoms with van der Waals surface area (Å²) < 4.78 is 1.91. The summed E-state index contributed by atoms with van der Waals surface area (Å²) >= 11 is 1.62. The number of hydrogen-bond acceptors (Lipinski definition) is 3. The normalized spacial score (nSPS) is 13.5. The van der Waals surface area contributed by atoms with E-state index in [-0.39, 0.29) is 5.91 Å². The second-order valence-electron chi connectivity index (χ2n) is 4.93. The molecule has 1 N–H and O–H groups in total. The van der Waals surface area contributed by atoms with Gasteiger partial charge in [0.15, 0.2) is 0 Å². The van der Waals surface area contributed by atoms with Crippen molar-refractivity contribution in [2.75, 3.05) is 0 Å². The first-order valence-electron chi connectivity index (χ1n) is 6.55. The summed E-state index contributed by atoms with van der Waals surface area (Å²) in [6, 6.07) is 1.99. The lowest BCUT2D eigenvalue weighted by atomic mass is 10.2. The molecule has 5 heteroatoms. The average molecular weight is 275 g/mol. The molecule has 0 atom stereocenters. The predicted octanol–water partition coefficient (Wildman–Crippen LogP) is 1.83. The fourth-order valence-electron chi connectivity index (χ4n) is 2.63. The van der Waals surface area contributed by atoms with Crippen LogP contribution in [-0.4, -0.2) is 15.7 Å². The van der Waals surface area contributed by atoms with E-state index < -0.39 is 0 Å². The number of thiophene rings is 1. The molecule has 0 spiro atoms. The van der Waals surface area contributed by atoms with Crippen LogP contribution in [0.2, 0.25) is 0 Å². The third kappa shape index (κ3) is 2.56. The van der Waals surface area contributed by atoms with Crippen LogP contribution in [0.4, 0.5) is 0 Å². The molecular weight excluding hydrogens is 258 g/mol. The number of amides is 1. The summed E-state index contributed by atoms with van der Waals surface area (Å²) in [5.74, 6) is 0.0753. The van der Waals surface area contributed by atoms with Crippen LogP contribution in [0, 0.1) is 0 Å². The molecular formula is C14H17N3OS. The van der Waals surface area contributed by atoms with Crippen LogP contribution in [0.25, 0.3) is 0 Å². The fraction of sp³-hybridized carbons (Fsp3) is 0.429. The Balaban J connectivity index is 1.62. The number of aryl methyl sites for hydroxylation is 2. The molecule has 0 fully saturated rings. The molecule has 3 rings (SSSR count). The second-order valence-corrected chi connectivity index (χ2v) is 5.71. The number of nitrogens with zero attached hydrogens (tertiary/aromatic N) is 2. The van der Waals surface area contributed by atoms with Crippen molar-refractivity contribution in [3.05, 3.63) is 39.3 Å². The summed E-state index contributed by atoms with van der Waals surface area (Å²) in [5, 5.41) is 11.5. The quantitative estimate of drug-likeness (QED) is 0.925. The van der Waals surface area contributed by atoms with Crippen LogP contribution >= 0.6 is 11.3 Å². The topological polar surface area (TPSA) is 46.9 Å². The van der Waals surface area contributed by atoms with E-state index >= 15 is 0 Å². The summed E-state index contributed by atoms with van der Waals surface area (Å²) in [5.41, 5.74) is 4.80. The van der Waals surface area contributed by atoms with Gasteiger partial charge in [0.1, 0.15) is 0 Å². The Hall–Kier alpha value is -1.62. The maximum atomic E-state index is 11.9. The van der Waals surface area contributed by atoms with E-state index in [4.69, 9.17) is 0 Å². The molecule has 4 nitrogen and oxygen atoms in total. The number of aromatic nitrogens is 2. The van der Waals surface area contributed by atoms with Crippen LogP contribution in [0.1, 0.15) is 28.9 Å². The number of carbonyl (C=O) groups excluding carboxylic acids is 1. The first-order valence-corrected chi connectivity index (χ1v) is 7.49. The summed E-state index contributed by atoms with van der Waals surface area (Å²) in [4.78, 5) is 11.9. The maximum absolute atomic E-state index is 11.9. The van der Waals surface area contributed by atoms with Crippen molar-refractivity contribution in [1.29, 1.82) is 0 Å². The van der Waals surface area contributed by atoms with Crippen molar-refractivity contribution >= 4 is 17.2 Å². The van der Waals surface area contributed by atoms with E-state index in [0.717, 1.165) is 24.1 Å².